The van der Waals surface area contributed by atoms with Crippen molar-refractivity contribution in [2.45, 2.75) is 13.0 Å². The molecular formula is C28H20BrFN2O4S. The number of thiazole rings is 1. The first-order valence-corrected chi connectivity index (χ1v) is 13.0. The molecule has 0 saturated carbocycles. The summed E-state index contributed by atoms with van der Waals surface area (Å²) in [6.07, 6.45) is 1.70. The van der Waals surface area contributed by atoms with Crippen molar-refractivity contribution in [2.24, 2.45) is 4.99 Å². The molecule has 1 aliphatic rings. The maximum Gasteiger partial charge on any atom is 0.338 e. The van der Waals surface area contributed by atoms with Gasteiger partial charge in [0.1, 0.15) is 11.6 Å². The highest BCUT2D eigenvalue weighted by atomic mass is 79.9. The lowest BCUT2D eigenvalue weighted by Gasteiger charge is -2.25. The summed E-state index contributed by atoms with van der Waals surface area (Å²) in [5.41, 5.74) is 2.18. The lowest BCUT2D eigenvalue weighted by Crippen LogP contribution is -2.40. The number of ether oxygens (including phenoxy) is 1. The van der Waals surface area contributed by atoms with E-state index >= 15 is 0 Å². The first kappa shape index (κ1) is 24.9. The van der Waals surface area contributed by atoms with Crippen LogP contribution in [-0.4, -0.2) is 22.2 Å². The SMILES string of the molecule is CCOC(=O)C1=C(c2ccccc2)N=c2s/c(=C\c3ccc(O)c(Br)c3)c(=O)n2[C@H]1c1ccc(F)cc1. The standard InChI is InChI=1S/C28H20BrFN2O4S/c1-2-36-27(35)23-24(17-6-4-3-5-7-17)31-28-32(25(23)18-9-11-19(30)12-10-18)26(34)22(37-28)15-16-8-13-21(33)20(29)14-16/h3-15,25,33H,2H2,1H3/b22-15-/t25-/m0/s1. The lowest BCUT2D eigenvalue weighted by atomic mass is 9.93. The van der Waals surface area contributed by atoms with Crippen molar-refractivity contribution in [3.05, 3.63) is 125 Å². The number of rotatable bonds is 5. The van der Waals surface area contributed by atoms with Gasteiger partial charge in [0.2, 0.25) is 0 Å². The van der Waals surface area contributed by atoms with Crippen molar-refractivity contribution in [1.29, 1.82) is 0 Å². The number of halogens is 2. The summed E-state index contributed by atoms with van der Waals surface area (Å²) in [5.74, 6) is -0.948. The van der Waals surface area contributed by atoms with Gasteiger partial charge in [-0.25, -0.2) is 14.2 Å². The van der Waals surface area contributed by atoms with Crippen LogP contribution < -0.4 is 14.9 Å². The number of carbonyl (C=O) groups excluding carboxylic acids is 1. The summed E-state index contributed by atoms with van der Waals surface area (Å²) in [7, 11) is 0. The predicted octanol–water partition coefficient (Wildman–Crippen LogP) is 4.54. The molecule has 0 aliphatic carbocycles. The van der Waals surface area contributed by atoms with Gasteiger partial charge in [-0.1, -0.05) is 59.9 Å². The molecule has 6 nitrogen and oxygen atoms in total. The number of phenols is 1. The fourth-order valence-corrected chi connectivity index (χ4v) is 5.56. The molecule has 0 amide bonds. The second-order valence-corrected chi connectivity index (χ2v) is 10.1. The van der Waals surface area contributed by atoms with Gasteiger partial charge in [0.05, 0.1) is 32.9 Å². The maximum absolute atomic E-state index is 13.8. The van der Waals surface area contributed by atoms with E-state index in [0.29, 0.717) is 36.2 Å². The Labute approximate surface area is 223 Å². The molecule has 0 fully saturated rings. The minimum atomic E-state index is -0.875. The smallest absolute Gasteiger partial charge is 0.338 e. The van der Waals surface area contributed by atoms with E-state index in [1.165, 1.54) is 34.1 Å². The van der Waals surface area contributed by atoms with Crippen LogP contribution in [0.5, 0.6) is 5.75 Å². The zero-order valence-electron chi connectivity index (χ0n) is 19.5. The Morgan fingerprint density at radius 3 is 2.57 bits per heavy atom. The number of aromatic nitrogens is 1. The number of hydrogen-bond acceptors (Lipinski definition) is 6. The Kier molecular flexibility index (Phi) is 6.90. The van der Waals surface area contributed by atoms with Gasteiger partial charge in [-0.15, -0.1) is 0 Å². The average Bonchev–Trinajstić information content (AvgIpc) is 3.21. The number of fused-ring (bicyclic) bond motifs is 1. The molecule has 4 aromatic rings. The molecule has 3 aromatic carbocycles. The van der Waals surface area contributed by atoms with Crippen molar-refractivity contribution in [2.75, 3.05) is 6.61 Å². The normalized spacial score (nSPS) is 15.3. The molecule has 5 rings (SSSR count). The van der Waals surface area contributed by atoms with Crippen molar-refractivity contribution in [3.63, 3.8) is 0 Å². The van der Waals surface area contributed by atoms with Gasteiger partial charge in [-0.3, -0.25) is 9.36 Å². The fraction of sp³-hybridized carbons (Fsp3) is 0.107. The second kappa shape index (κ2) is 10.3. The fourth-order valence-electron chi connectivity index (χ4n) is 4.17. The molecule has 0 spiro atoms. The van der Waals surface area contributed by atoms with Crippen LogP contribution in [0.15, 0.2) is 92.6 Å². The number of benzene rings is 3. The van der Waals surface area contributed by atoms with Crippen LogP contribution in [0.3, 0.4) is 0 Å². The first-order valence-electron chi connectivity index (χ1n) is 11.4. The van der Waals surface area contributed by atoms with Crippen LogP contribution in [0.25, 0.3) is 11.8 Å². The van der Waals surface area contributed by atoms with E-state index in [1.807, 2.05) is 30.3 Å². The first-order chi connectivity index (χ1) is 17.9. The van der Waals surface area contributed by atoms with E-state index in [4.69, 9.17) is 9.73 Å². The van der Waals surface area contributed by atoms with Crippen molar-refractivity contribution < 1.29 is 19.0 Å². The van der Waals surface area contributed by atoms with Crippen molar-refractivity contribution in [3.8, 4) is 5.75 Å². The molecule has 0 saturated heterocycles. The topological polar surface area (TPSA) is 80.9 Å². The third-order valence-corrected chi connectivity index (χ3v) is 7.45. The highest BCUT2D eigenvalue weighted by Crippen LogP contribution is 2.35. The van der Waals surface area contributed by atoms with Gasteiger partial charge in [0.15, 0.2) is 4.80 Å². The highest BCUT2D eigenvalue weighted by molar-refractivity contribution is 9.10. The average molecular weight is 579 g/mol. The van der Waals surface area contributed by atoms with Crippen molar-refractivity contribution in [1.82, 2.24) is 4.57 Å². The summed E-state index contributed by atoms with van der Waals surface area (Å²) in [5, 5.41) is 9.82. The number of aromatic hydroxyl groups is 1. The molecule has 1 aromatic heterocycles. The van der Waals surface area contributed by atoms with Crippen LogP contribution in [0.1, 0.15) is 29.7 Å². The van der Waals surface area contributed by atoms with E-state index in [1.54, 1.807) is 37.3 Å². The molecule has 1 N–H and O–H groups in total. The Bertz CT molecular complexity index is 1710. The minimum absolute atomic E-state index is 0.0847. The molecule has 0 unspecified atom stereocenters. The third-order valence-electron chi connectivity index (χ3n) is 5.83. The largest absolute Gasteiger partial charge is 0.507 e. The number of phenolic OH excluding ortho intramolecular Hbond substituents is 1. The van der Waals surface area contributed by atoms with Crippen LogP contribution >= 0.6 is 27.3 Å². The third kappa shape index (κ3) is 4.80. The van der Waals surface area contributed by atoms with Gasteiger partial charge in [0, 0.05) is 5.56 Å². The summed E-state index contributed by atoms with van der Waals surface area (Å²) in [6, 6.07) is 19.0. The summed E-state index contributed by atoms with van der Waals surface area (Å²) in [6.45, 7) is 1.85. The molecule has 2 heterocycles. The Morgan fingerprint density at radius 1 is 1.16 bits per heavy atom. The van der Waals surface area contributed by atoms with Gasteiger partial charge < -0.3 is 9.84 Å². The highest BCUT2D eigenvalue weighted by Gasteiger charge is 2.35. The van der Waals surface area contributed by atoms with E-state index in [2.05, 4.69) is 15.9 Å². The number of nitrogens with zero attached hydrogens (tertiary/aromatic N) is 2. The molecule has 186 valence electrons. The van der Waals surface area contributed by atoms with E-state index < -0.39 is 17.8 Å². The summed E-state index contributed by atoms with van der Waals surface area (Å²) < 4.78 is 21.6. The van der Waals surface area contributed by atoms with E-state index in [9.17, 15) is 19.1 Å². The van der Waals surface area contributed by atoms with Crippen LogP contribution in [0.4, 0.5) is 4.39 Å². The van der Waals surface area contributed by atoms with Crippen LogP contribution in [0, 0.1) is 5.82 Å². The molecule has 1 aliphatic heterocycles. The number of esters is 1. The Morgan fingerprint density at radius 2 is 1.89 bits per heavy atom. The zero-order valence-corrected chi connectivity index (χ0v) is 21.9. The Balaban J connectivity index is 1.82. The summed E-state index contributed by atoms with van der Waals surface area (Å²) in [4.78, 5) is 32.3. The van der Waals surface area contributed by atoms with Gasteiger partial charge in [0.25, 0.3) is 5.56 Å². The molecule has 9 heteroatoms. The van der Waals surface area contributed by atoms with Crippen LogP contribution in [-0.2, 0) is 9.53 Å². The minimum Gasteiger partial charge on any atom is -0.507 e. The number of hydrogen-bond donors (Lipinski definition) is 1. The van der Waals surface area contributed by atoms with E-state index in [0.717, 1.165) is 0 Å². The second-order valence-electron chi connectivity index (χ2n) is 8.19. The zero-order chi connectivity index (χ0) is 26.1. The molecule has 37 heavy (non-hydrogen) atoms. The molecular weight excluding hydrogens is 559 g/mol. The summed E-state index contributed by atoms with van der Waals surface area (Å²) >= 11 is 4.48. The molecule has 0 radical (unpaired) electrons. The van der Waals surface area contributed by atoms with Gasteiger partial charge >= 0.3 is 5.97 Å². The monoisotopic (exact) mass is 578 g/mol. The molecule has 0 bridgehead atoms. The lowest BCUT2D eigenvalue weighted by molar-refractivity contribution is -0.138. The quantitative estimate of drug-likeness (QED) is 0.352. The predicted molar refractivity (Wildman–Crippen MR) is 143 cm³/mol. The van der Waals surface area contributed by atoms with E-state index in [-0.39, 0.29) is 23.5 Å². The molecule has 1 atom stereocenters. The Hall–Kier alpha value is -3.82. The van der Waals surface area contributed by atoms with Gasteiger partial charge in [-0.2, -0.15) is 0 Å². The van der Waals surface area contributed by atoms with Gasteiger partial charge in [-0.05, 0) is 64.3 Å². The number of carbonyl (C=O) groups is 1. The maximum atomic E-state index is 13.8. The van der Waals surface area contributed by atoms with Crippen LogP contribution in [0.2, 0.25) is 0 Å². The van der Waals surface area contributed by atoms with Crippen molar-refractivity contribution >= 4 is 45.0 Å².